The van der Waals surface area contributed by atoms with Crippen LogP contribution in [0.25, 0.3) is 0 Å². The van der Waals surface area contributed by atoms with E-state index in [0.717, 1.165) is 35.6 Å². The van der Waals surface area contributed by atoms with Gasteiger partial charge in [-0.2, -0.15) is 0 Å². The second-order valence-electron chi connectivity index (χ2n) is 7.00. The highest BCUT2D eigenvalue weighted by atomic mass is 32.2. The average molecular weight is 383 g/mol. The molecule has 1 aliphatic heterocycles. The summed E-state index contributed by atoms with van der Waals surface area (Å²) in [6, 6.07) is 14.3. The number of aromatic amines is 1. The summed E-state index contributed by atoms with van der Waals surface area (Å²) in [7, 11) is -3.18. The largest absolute Gasteiger partial charge is 0.508 e. The standard InChI is InChI=1S/C20H21N3O3S/c1-27(25,26)17-7-5-14(6-8-17)10-23-11-18(15-3-2-4-16(24)9-15)20-19(12-23)21-13-22-20/h2-9,13,18,24H,10-12H2,1H3,(H,21,22). The molecule has 0 fully saturated rings. The van der Waals surface area contributed by atoms with Crippen LogP contribution in [0.3, 0.4) is 0 Å². The van der Waals surface area contributed by atoms with E-state index in [4.69, 9.17) is 0 Å². The van der Waals surface area contributed by atoms with Gasteiger partial charge < -0.3 is 10.1 Å². The van der Waals surface area contributed by atoms with Crippen molar-refractivity contribution in [2.75, 3.05) is 12.8 Å². The van der Waals surface area contributed by atoms with Gasteiger partial charge in [0.2, 0.25) is 0 Å². The molecule has 2 N–H and O–H groups in total. The maximum atomic E-state index is 11.6. The van der Waals surface area contributed by atoms with Crippen molar-refractivity contribution in [3.8, 4) is 5.75 Å². The number of rotatable bonds is 4. The zero-order valence-corrected chi connectivity index (χ0v) is 15.8. The van der Waals surface area contributed by atoms with Gasteiger partial charge in [0.25, 0.3) is 0 Å². The number of benzene rings is 2. The third-order valence-corrected chi connectivity index (χ3v) is 6.06. The zero-order chi connectivity index (χ0) is 19.0. The van der Waals surface area contributed by atoms with Crippen LogP contribution in [-0.2, 0) is 22.9 Å². The summed E-state index contributed by atoms with van der Waals surface area (Å²) in [6.45, 7) is 2.23. The molecule has 6 nitrogen and oxygen atoms in total. The van der Waals surface area contributed by atoms with Gasteiger partial charge >= 0.3 is 0 Å². The van der Waals surface area contributed by atoms with Gasteiger partial charge in [-0.25, -0.2) is 13.4 Å². The van der Waals surface area contributed by atoms with Crippen molar-refractivity contribution in [3.05, 3.63) is 77.4 Å². The van der Waals surface area contributed by atoms with Crippen molar-refractivity contribution in [1.82, 2.24) is 14.9 Å². The van der Waals surface area contributed by atoms with E-state index in [0.29, 0.717) is 11.4 Å². The normalized spacial score (nSPS) is 17.6. The molecule has 7 heteroatoms. The van der Waals surface area contributed by atoms with E-state index in [2.05, 4.69) is 14.9 Å². The lowest BCUT2D eigenvalue weighted by atomic mass is 9.90. The van der Waals surface area contributed by atoms with E-state index < -0.39 is 9.84 Å². The van der Waals surface area contributed by atoms with Crippen LogP contribution in [0.2, 0.25) is 0 Å². The zero-order valence-electron chi connectivity index (χ0n) is 15.0. The summed E-state index contributed by atoms with van der Waals surface area (Å²) in [5.41, 5.74) is 4.17. The molecule has 4 rings (SSSR count). The first-order valence-corrected chi connectivity index (χ1v) is 10.6. The van der Waals surface area contributed by atoms with Gasteiger partial charge in [-0.3, -0.25) is 4.90 Å². The Morgan fingerprint density at radius 3 is 2.70 bits per heavy atom. The summed E-state index contributed by atoms with van der Waals surface area (Å²) in [5.74, 6) is 0.320. The number of hydrogen-bond donors (Lipinski definition) is 2. The fraction of sp³-hybridized carbons (Fsp3) is 0.250. The van der Waals surface area contributed by atoms with Gasteiger partial charge in [-0.15, -0.1) is 0 Å². The molecule has 2 heterocycles. The molecule has 0 aliphatic carbocycles. The predicted molar refractivity (Wildman–Crippen MR) is 102 cm³/mol. The fourth-order valence-electron chi connectivity index (χ4n) is 3.62. The van der Waals surface area contributed by atoms with Crippen LogP contribution in [-0.4, -0.2) is 41.2 Å². The van der Waals surface area contributed by atoms with E-state index >= 15 is 0 Å². The molecule has 0 bridgehead atoms. The van der Waals surface area contributed by atoms with Crippen molar-refractivity contribution in [2.24, 2.45) is 0 Å². The van der Waals surface area contributed by atoms with E-state index in [1.165, 1.54) is 6.26 Å². The van der Waals surface area contributed by atoms with E-state index in [1.807, 2.05) is 24.3 Å². The van der Waals surface area contributed by atoms with Crippen LogP contribution >= 0.6 is 0 Å². The first-order valence-electron chi connectivity index (χ1n) is 8.72. The Morgan fingerprint density at radius 2 is 2.00 bits per heavy atom. The smallest absolute Gasteiger partial charge is 0.175 e. The lowest BCUT2D eigenvalue weighted by molar-refractivity contribution is 0.227. The van der Waals surface area contributed by atoms with Gasteiger partial charge in [0.1, 0.15) is 5.75 Å². The van der Waals surface area contributed by atoms with Crippen molar-refractivity contribution in [2.45, 2.75) is 23.9 Å². The molecule has 0 radical (unpaired) electrons. The number of sulfone groups is 1. The topological polar surface area (TPSA) is 86.3 Å². The molecular formula is C20H21N3O3S. The summed E-state index contributed by atoms with van der Waals surface area (Å²) < 4.78 is 23.3. The Kier molecular flexibility index (Phi) is 4.49. The third-order valence-electron chi connectivity index (χ3n) is 4.93. The van der Waals surface area contributed by atoms with Gasteiger partial charge in [0.05, 0.1) is 22.6 Å². The Balaban J connectivity index is 1.58. The average Bonchev–Trinajstić information content (AvgIpc) is 3.09. The monoisotopic (exact) mass is 383 g/mol. The number of hydrogen-bond acceptors (Lipinski definition) is 5. The number of aromatic nitrogens is 2. The number of nitrogens with one attached hydrogen (secondary N) is 1. The van der Waals surface area contributed by atoms with Crippen LogP contribution in [0.4, 0.5) is 0 Å². The van der Waals surface area contributed by atoms with Crippen LogP contribution in [0.15, 0.2) is 59.8 Å². The molecule has 1 aromatic heterocycles. The fourth-order valence-corrected chi connectivity index (χ4v) is 4.25. The first kappa shape index (κ1) is 17.8. The molecule has 0 saturated carbocycles. The lowest BCUT2D eigenvalue weighted by Gasteiger charge is -2.32. The van der Waals surface area contributed by atoms with Crippen molar-refractivity contribution < 1.29 is 13.5 Å². The summed E-state index contributed by atoms with van der Waals surface area (Å²) in [6.07, 6.45) is 2.93. The SMILES string of the molecule is CS(=O)(=O)c1ccc(CN2Cc3[nH]cnc3C(c3cccc(O)c3)C2)cc1. The van der Waals surface area contributed by atoms with Crippen LogP contribution < -0.4 is 0 Å². The van der Waals surface area contributed by atoms with Gasteiger partial charge in [0, 0.05) is 31.8 Å². The Hall–Kier alpha value is -2.64. The minimum atomic E-state index is -3.18. The van der Waals surface area contributed by atoms with Crippen LogP contribution in [0, 0.1) is 0 Å². The molecule has 3 aromatic rings. The van der Waals surface area contributed by atoms with Crippen LogP contribution in [0.1, 0.15) is 28.4 Å². The number of aromatic hydroxyl groups is 1. The number of phenolic OH excluding ortho intramolecular Hbond substituents is 1. The number of H-pyrrole nitrogens is 1. The molecule has 140 valence electrons. The molecule has 0 spiro atoms. The van der Waals surface area contributed by atoms with Crippen LogP contribution in [0.5, 0.6) is 5.75 Å². The third kappa shape index (κ3) is 3.74. The van der Waals surface area contributed by atoms with E-state index in [9.17, 15) is 13.5 Å². The Labute approximate surface area is 158 Å². The molecular weight excluding hydrogens is 362 g/mol. The minimum Gasteiger partial charge on any atom is -0.508 e. The van der Waals surface area contributed by atoms with Crippen molar-refractivity contribution in [3.63, 3.8) is 0 Å². The second kappa shape index (κ2) is 6.83. The highest BCUT2D eigenvalue weighted by molar-refractivity contribution is 7.90. The molecule has 0 amide bonds. The first-order chi connectivity index (χ1) is 12.9. The van der Waals surface area contributed by atoms with E-state index in [1.54, 1.807) is 30.6 Å². The van der Waals surface area contributed by atoms with Gasteiger partial charge in [-0.1, -0.05) is 24.3 Å². The number of imidazole rings is 1. The van der Waals surface area contributed by atoms with Gasteiger partial charge in [0.15, 0.2) is 9.84 Å². The minimum absolute atomic E-state index is 0.0717. The van der Waals surface area contributed by atoms with Crippen molar-refractivity contribution in [1.29, 1.82) is 0 Å². The number of phenols is 1. The second-order valence-corrected chi connectivity index (χ2v) is 9.02. The molecule has 1 unspecified atom stereocenters. The highest BCUT2D eigenvalue weighted by Gasteiger charge is 2.29. The van der Waals surface area contributed by atoms with Gasteiger partial charge in [-0.05, 0) is 35.4 Å². The summed E-state index contributed by atoms with van der Waals surface area (Å²) in [4.78, 5) is 10.3. The predicted octanol–water partition coefficient (Wildman–Crippen LogP) is 2.67. The molecule has 27 heavy (non-hydrogen) atoms. The van der Waals surface area contributed by atoms with Crippen molar-refractivity contribution >= 4 is 9.84 Å². The molecule has 2 aromatic carbocycles. The number of fused-ring (bicyclic) bond motifs is 1. The quantitative estimate of drug-likeness (QED) is 0.723. The summed E-state index contributed by atoms with van der Waals surface area (Å²) in [5, 5.41) is 9.84. The molecule has 1 aliphatic rings. The maximum Gasteiger partial charge on any atom is 0.175 e. The number of nitrogens with zero attached hydrogens (tertiary/aromatic N) is 2. The maximum absolute atomic E-state index is 11.6. The molecule has 0 saturated heterocycles. The Morgan fingerprint density at radius 1 is 1.22 bits per heavy atom. The highest BCUT2D eigenvalue weighted by Crippen LogP contribution is 2.33. The Bertz CT molecular complexity index is 1060. The lowest BCUT2D eigenvalue weighted by Crippen LogP contribution is -2.33. The molecule has 1 atom stereocenters. The van der Waals surface area contributed by atoms with E-state index in [-0.39, 0.29) is 11.7 Å². The summed E-state index contributed by atoms with van der Waals surface area (Å²) >= 11 is 0.